The number of hydrogen-bond donors (Lipinski definition) is 1. The third-order valence-electron chi connectivity index (χ3n) is 5.01. The van der Waals surface area contributed by atoms with Gasteiger partial charge in [-0.1, -0.05) is 12.1 Å². The third-order valence-corrected chi connectivity index (χ3v) is 5.01. The van der Waals surface area contributed by atoms with Crippen LogP contribution in [-0.4, -0.2) is 46.1 Å². The minimum atomic E-state index is -0.0404. The quantitative estimate of drug-likeness (QED) is 0.817. The van der Waals surface area contributed by atoms with Crippen LogP contribution in [0.5, 0.6) is 0 Å². The monoisotopic (exact) mass is 360 g/mol. The van der Waals surface area contributed by atoms with Crippen molar-refractivity contribution in [2.45, 2.75) is 52.0 Å². The Kier molecular flexibility index (Phi) is 5.76. The van der Waals surface area contributed by atoms with Gasteiger partial charge in [-0.3, -0.25) is 9.69 Å². The number of aryl methyl sites for hydroxylation is 1. The van der Waals surface area contributed by atoms with E-state index < -0.39 is 0 Å². The highest BCUT2D eigenvalue weighted by Crippen LogP contribution is 2.23. The van der Waals surface area contributed by atoms with Crippen molar-refractivity contribution in [3.8, 4) is 11.6 Å². The number of likely N-dealkylation sites (tertiary alicyclic amines) is 1. The van der Waals surface area contributed by atoms with Crippen LogP contribution in [0.2, 0.25) is 0 Å². The molecular formula is C19H28N4O3. The summed E-state index contributed by atoms with van der Waals surface area (Å²) in [5.74, 6) is 2.13. The molecule has 26 heavy (non-hydrogen) atoms. The Bertz CT molecular complexity index is 708. The van der Waals surface area contributed by atoms with Gasteiger partial charge in [0, 0.05) is 31.5 Å². The summed E-state index contributed by atoms with van der Waals surface area (Å²) in [6.07, 6.45) is 4.83. The molecule has 1 atom stereocenters. The molecule has 3 rings (SSSR count). The third kappa shape index (κ3) is 4.72. The van der Waals surface area contributed by atoms with Gasteiger partial charge in [-0.05, 0) is 51.3 Å². The van der Waals surface area contributed by atoms with Crippen LogP contribution < -0.4 is 5.32 Å². The number of furan rings is 1. The molecule has 0 saturated carbocycles. The summed E-state index contributed by atoms with van der Waals surface area (Å²) in [5, 5.41) is 6.92. The van der Waals surface area contributed by atoms with Crippen molar-refractivity contribution in [2.24, 2.45) is 5.92 Å². The van der Waals surface area contributed by atoms with E-state index in [9.17, 15) is 4.79 Å². The molecule has 1 aliphatic rings. The van der Waals surface area contributed by atoms with Crippen LogP contribution in [0, 0.1) is 5.92 Å². The molecule has 0 aliphatic carbocycles. The van der Waals surface area contributed by atoms with E-state index in [1.807, 2.05) is 0 Å². The number of hydrogen-bond acceptors (Lipinski definition) is 6. The molecule has 0 bridgehead atoms. The predicted octanol–water partition coefficient (Wildman–Crippen LogP) is 2.89. The van der Waals surface area contributed by atoms with E-state index in [1.165, 1.54) is 12.8 Å². The van der Waals surface area contributed by atoms with Gasteiger partial charge in [-0.2, -0.15) is 4.98 Å². The van der Waals surface area contributed by atoms with E-state index in [0.717, 1.165) is 19.0 Å². The van der Waals surface area contributed by atoms with E-state index in [0.29, 0.717) is 36.9 Å². The maximum Gasteiger partial charge on any atom is 0.238 e. The Labute approximate surface area is 154 Å². The van der Waals surface area contributed by atoms with Crippen molar-refractivity contribution in [1.29, 1.82) is 0 Å². The zero-order valence-electron chi connectivity index (χ0n) is 15.8. The summed E-state index contributed by atoms with van der Waals surface area (Å²) in [6.45, 7) is 9.52. The maximum absolute atomic E-state index is 12.2. The molecular weight excluding hydrogens is 332 g/mol. The van der Waals surface area contributed by atoms with Crippen molar-refractivity contribution in [3.63, 3.8) is 0 Å². The van der Waals surface area contributed by atoms with Crippen LogP contribution in [0.4, 0.5) is 0 Å². The van der Waals surface area contributed by atoms with E-state index in [-0.39, 0.29) is 11.4 Å². The minimum Gasteiger partial charge on any atom is -0.461 e. The summed E-state index contributed by atoms with van der Waals surface area (Å²) in [7, 11) is 0. The SMILES string of the molecule is CC1CCCN(C(C)(C)CNC(=O)CCc2nc(-c3ccco3)no2)C1. The van der Waals surface area contributed by atoms with Crippen LogP contribution in [0.15, 0.2) is 27.3 Å². The maximum atomic E-state index is 12.2. The molecule has 142 valence electrons. The lowest BCUT2D eigenvalue weighted by molar-refractivity contribution is -0.121. The topological polar surface area (TPSA) is 84.4 Å². The Hall–Kier alpha value is -2.15. The molecule has 2 aromatic heterocycles. The second kappa shape index (κ2) is 8.03. The fraction of sp³-hybridized carbons (Fsp3) is 0.632. The lowest BCUT2D eigenvalue weighted by Crippen LogP contribution is -2.54. The standard InChI is InChI=1S/C19H28N4O3/c1-14-6-4-10-23(12-14)19(2,3)13-20-16(24)8-9-17-21-18(22-26-17)15-7-5-11-25-15/h5,7,11,14H,4,6,8-10,12-13H2,1-3H3,(H,20,24). The largest absolute Gasteiger partial charge is 0.461 e. The molecule has 0 spiro atoms. The first-order valence-corrected chi connectivity index (χ1v) is 9.32. The summed E-state index contributed by atoms with van der Waals surface area (Å²) in [4.78, 5) is 18.9. The first-order chi connectivity index (χ1) is 12.4. The van der Waals surface area contributed by atoms with Crippen LogP contribution >= 0.6 is 0 Å². The second-order valence-electron chi connectivity index (χ2n) is 7.77. The molecule has 0 radical (unpaired) electrons. The zero-order chi connectivity index (χ0) is 18.6. The summed E-state index contributed by atoms with van der Waals surface area (Å²) < 4.78 is 10.4. The van der Waals surface area contributed by atoms with Gasteiger partial charge < -0.3 is 14.3 Å². The minimum absolute atomic E-state index is 0.000816. The fourth-order valence-corrected chi connectivity index (χ4v) is 3.34. The van der Waals surface area contributed by atoms with Crippen LogP contribution in [0.3, 0.4) is 0 Å². The number of nitrogens with one attached hydrogen (secondary N) is 1. The summed E-state index contributed by atoms with van der Waals surface area (Å²) in [5.41, 5.74) is -0.0404. The molecule has 1 unspecified atom stereocenters. The molecule has 7 heteroatoms. The van der Waals surface area contributed by atoms with Crippen LogP contribution in [0.25, 0.3) is 11.6 Å². The highest BCUT2D eigenvalue weighted by atomic mass is 16.5. The van der Waals surface area contributed by atoms with Crippen molar-refractivity contribution in [1.82, 2.24) is 20.4 Å². The zero-order valence-corrected chi connectivity index (χ0v) is 15.8. The van der Waals surface area contributed by atoms with Crippen molar-refractivity contribution in [3.05, 3.63) is 24.3 Å². The van der Waals surface area contributed by atoms with Gasteiger partial charge >= 0.3 is 0 Å². The number of piperidine rings is 1. The van der Waals surface area contributed by atoms with Crippen molar-refractivity contribution >= 4 is 5.91 Å². The number of aromatic nitrogens is 2. The van der Waals surface area contributed by atoms with Gasteiger partial charge in [0.15, 0.2) is 5.76 Å². The Morgan fingerprint density at radius 2 is 2.31 bits per heavy atom. The van der Waals surface area contributed by atoms with E-state index in [4.69, 9.17) is 8.94 Å². The summed E-state index contributed by atoms with van der Waals surface area (Å²) >= 11 is 0. The lowest BCUT2D eigenvalue weighted by Gasteiger charge is -2.43. The van der Waals surface area contributed by atoms with E-state index in [2.05, 4.69) is 41.1 Å². The average Bonchev–Trinajstić information content (AvgIpc) is 3.29. The predicted molar refractivity (Wildman–Crippen MR) is 97.4 cm³/mol. The summed E-state index contributed by atoms with van der Waals surface area (Å²) in [6, 6.07) is 3.54. The van der Waals surface area contributed by atoms with Gasteiger partial charge in [0.1, 0.15) is 0 Å². The van der Waals surface area contributed by atoms with Gasteiger partial charge in [-0.15, -0.1) is 0 Å². The number of carbonyl (C=O) groups excluding carboxylic acids is 1. The number of amides is 1. The molecule has 3 heterocycles. The van der Waals surface area contributed by atoms with Gasteiger partial charge in [0.05, 0.1) is 6.26 Å². The molecule has 2 aromatic rings. The average molecular weight is 360 g/mol. The van der Waals surface area contributed by atoms with E-state index in [1.54, 1.807) is 18.4 Å². The van der Waals surface area contributed by atoms with Gasteiger partial charge in [-0.25, -0.2) is 0 Å². The second-order valence-corrected chi connectivity index (χ2v) is 7.77. The van der Waals surface area contributed by atoms with Gasteiger partial charge in [0.25, 0.3) is 0 Å². The Morgan fingerprint density at radius 3 is 3.04 bits per heavy atom. The smallest absolute Gasteiger partial charge is 0.238 e. The number of rotatable bonds is 7. The highest BCUT2D eigenvalue weighted by molar-refractivity contribution is 5.76. The highest BCUT2D eigenvalue weighted by Gasteiger charge is 2.30. The molecule has 1 fully saturated rings. The van der Waals surface area contributed by atoms with Crippen LogP contribution in [0.1, 0.15) is 45.9 Å². The first kappa shape index (κ1) is 18.6. The molecule has 1 saturated heterocycles. The van der Waals surface area contributed by atoms with Crippen molar-refractivity contribution < 1.29 is 13.7 Å². The first-order valence-electron chi connectivity index (χ1n) is 9.32. The Morgan fingerprint density at radius 1 is 1.46 bits per heavy atom. The van der Waals surface area contributed by atoms with Crippen molar-refractivity contribution in [2.75, 3.05) is 19.6 Å². The molecule has 7 nitrogen and oxygen atoms in total. The van der Waals surface area contributed by atoms with Gasteiger partial charge in [0.2, 0.25) is 17.6 Å². The number of nitrogens with zero attached hydrogens (tertiary/aromatic N) is 3. The Balaban J connectivity index is 1.44. The molecule has 1 aliphatic heterocycles. The molecule has 1 N–H and O–H groups in total. The molecule has 1 amide bonds. The normalized spacial score (nSPS) is 18.8. The fourth-order valence-electron chi connectivity index (χ4n) is 3.34. The lowest BCUT2D eigenvalue weighted by atomic mass is 9.93. The van der Waals surface area contributed by atoms with Crippen LogP contribution in [-0.2, 0) is 11.2 Å². The van der Waals surface area contributed by atoms with E-state index >= 15 is 0 Å². The molecule has 0 aromatic carbocycles. The number of carbonyl (C=O) groups is 1.